The minimum absolute atomic E-state index is 0.00842. The Morgan fingerprint density at radius 2 is 1.32 bits per heavy atom. The quantitative estimate of drug-likeness (QED) is 0.220. The largest absolute Gasteiger partial charge is 0.298 e. The molecule has 0 aromatic carbocycles. The molecule has 0 bridgehead atoms. The van der Waals surface area contributed by atoms with Crippen molar-refractivity contribution in [2.75, 3.05) is 0 Å². The summed E-state index contributed by atoms with van der Waals surface area (Å²) in [5, 5.41) is 7.09. The van der Waals surface area contributed by atoms with Crippen LogP contribution in [0.3, 0.4) is 0 Å². The molecule has 0 unspecified atom stereocenters. The Labute approximate surface area is 193 Å². The van der Waals surface area contributed by atoms with Crippen molar-refractivity contribution in [3.63, 3.8) is 0 Å². The zero-order valence-corrected chi connectivity index (χ0v) is 20.8. The molecule has 1 aliphatic carbocycles. The second-order valence-electron chi connectivity index (χ2n) is 10.0. The number of nitrogens with one attached hydrogen (secondary N) is 1. The molecule has 2 rings (SSSR count). The van der Waals surface area contributed by atoms with Crippen molar-refractivity contribution in [3.05, 3.63) is 5.82 Å². The SMILES string of the molecule is CCCCCCCCCCCCCCCc1nc(SC2C(=O)CC(C)(C)CC2=O)n[nH]1. The van der Waals surface area contributed by atoms with Crippen molar-refractivity contribution in [2.45, 2.75) is 134 Å². The molecule has 1 saturated carbocycles. The van der Waals surface area contributed by atoms with Crippen LogP contribution in [0.15, 0.2) is 5.16 Å². The van der Waals surface area contributed by atoms with Crippen LogP contribution in [0.25, 0.3) is 0 Å². The normalized spacial score (nSPS) is 16.9. The number of aromatic nitrogens is 3. The van der Waals surface area contributed by atoms with Gasteiger partial charge in [0, 0.05) is 19.3 Å². The number of ketones is 2. The summed E-state index contributed by atoms with van der Waals surface area (Å²) in [7, 11) is 0. The van der Waals surface area contributed by atoms with E-state index in [1.807, 2.05) is 13.8 Å². The number of carbonyl (C=O) groups is 2. The monoisotopic (exact) mass is 449 g/mol. The molecular formula is C25H43N3O2S. The van der Waals surface area contributed by atoms with Crippen LogP contribution in [0, 0.1) is 5.41 Å². The van der Waals surface area contributed by atoms with Crippen molar-refractivity contribution in [1.82, 2.24) is 15.2 Å². The average Bonchev–Trinajstić information content (AvgIpc) is 3.15. The fraction of sp³-hybridized carbons (Fsp3) is 0.840. The standard InChI is InChI=1S/C25H43N3O2S/c1-4-5-6-7-8-9-10-11-12-13-14-15-16-17-22-26-24(28-27-22)31-23-20(29)18-25(2,3)19-21(23)30/h23H,4-19H2,1-3H3,(H,26,27,28). The third kappa shape index (κ3) is 10.3. The van der Waals surface area contributed by atoms with Gasteiger partial charge in [0.1, 0.15) is 11.1 Å². The Balaban J connectivity index is 1.51. The lowest BCUT2D eigenvalue weighted by Gasteiger charge is -2.31. The lowest BCUT2D eigenvalue weighted by atomic mass is 9.76. The fourth-order valence-electron chi connectivity index (χ4n) is 4.36. The van der Waals surface area contributed by atoms with Crippen LogP contribution in [0.5, 0.6) is 0 Å². The van der Waals surface area contributed by atoms with E-state index in [0.717, 1.165) is 18.7 Å². The Bertz CT molecular complexity index is 651. The molecule has 0 radical (unpaired) electrons. The Morgan fingerprint density at radius 1 is 0.839 bits per heavy atom. The molecule has 1 heterocycles. The summed E-state index contributed by atoms with van der Waals surface area (Å²) in [6.45, 7) is 6.22. The van der Waals surface area contributed by atoms with Gasteiger partial charge in [-0.25, -0.2) is 4.98 Å². The van der Waals surface area contributed by atoms with Crippen molar-refractivity contribution in [3.8, 4) is 0 Å². The molecule has 1 N–H and O–H groups in total. The van der Waals surface area contributed by atoms with Crippen LogP contribution in [0.1, 0.15) is 123 Å². The van der Waals surface area contributed by atoms with Crippen LogP contribution in [0.2, 0.25) is 0 Å². The second-order valence-corrected chi connectivity index (χ2v) is 11.1. The van der Waals surface area contributed by atoms with E-state index in [9.17, 15) is 9.59 Å². The molecule has 0 atom stereocenters. The number of nitrogens with zero attached hydrogens (tertiary/aromatic N) is 2. The van der Waals surface area contributed by atoms with E-state index >= 15 is 0 Å². The molecule has 1 fully saturated rings. The molecule has 0 saturated heterocycles. The predicted molar refractivity (Wildman–Crippen MR) is 128 cm³/mol. The van der Waals surface area contributed by atoms with Gasteiger partial charge in [0.05, 0.1) is 0 Å². The maximum Gasteiger partial charge on any atom is 0.209 e. The summed E-state index contributed by atoms with van der Waals surface area (Å²) in [6.07, 6.45) is 19.2. The number of Topliss-reactive ketones (excluding diaryl/α,β-unsaturated/α-hetero) is 2. The van der Waals surface area contributed by atoms with Gasteiger partial charge in [-0.05, 0) is 11.8 Å². The van der Waals surface area contributed by atoms with Gasteiger partial charge in [0.25, 0.3) is 0 Å². The molecule has 0 amide bonds. The molecule has 0 aliphatic heterocycles. The molecule has 6 heteroatoms. The summed E-state index contributed by atoms with van der Waals surface area (Å²) in [4.78, 5) is 29.2. The molecule has 5 nitrogen and oxygen atoms in total. The van der Waals surface area contributed by atoms with Gasteiger partial charge in [-0.3, -0.25) is 14.7 Å². The lowest BCUT2D eigenvalue weighted by Crippen LogP contribution is -2.39. The molecule has 31 heavy (non-hydrogen) atoms. The topological polar surface area (TPSA) is 75.7 Å². The van der Waals surface area contributed by atoms with Gasteiger partial charge < -0.3 is 0 Å². The van der Waals surface area contributed by atoms with Crippen LogP contribution in [0.4, 0.5) is 0 Å². The molecule has 176 valence electrons. The number of H-pyrrole nitrogens is 1. The van der Waals surface area contributed by atoms with Crippen LogP contribution in [-0.2, 0) is 16.0 Å². The molecule has 1 aromatic rings. The lowest BCUT2D eigenvalue weighted by molar-refractivity contribution is -0.132. The third-order valence-corrected chi connectivity index (χ3v) is 7.30. The number of aryl methyl sites for hydroxylation is 1. The highest BCUT2D eigenvalue weighted by molar-refractivity contribution is 8.01. The van der Waals surface area contributed by atoms with E-state index < -0.39 is 5.25 Å². The highest BCUT2D eigenvalue weighted by atomic mass is 32.2. The first-order valence-electron chi connectivity index (χ1n) is 12.5. The highest BCUT2D eigenvalue weighted by Gasteiger charge is 2.40. The van der Waals surface area contributed by atoms with Crippen LogP contribution < -0.4 is 0 Å². The smallest absolute Gasteiger partial charge is 0.209 e. The highest BCUT2D eigenvalue weighted by Crippen LogP contribution is 2.37. The van der Waals surface area contributed by atoms with Crippen molar-refractivity contribution in [2.24, 2.45) is 5.41 Å². The Kier molecular flexibility index (Phi) is 11.8. The zero-order valence-electron chi connectivity index (χ0n) is 20.0. The van der Waals surface area contributed by atoms with Crippen molar-refractivity contribution in [1.29, 1.82) is 0 Å². The first-order valence-corrected chi connectivity index (χ1v) is 13.4. The van der Waals surface area contributed by atoms with Gasteiger partial charge in [0.15, 0.2) is 11.6 Å². The van der Waals surface area contributed by atoms with E-state index in [2.05, 4.69) is 22.1 Å². The summed E-state index contributed by atoms with van der Waals surface area (Å²) in [6, 6.07) is 0. The average molecular weight is 450 g/mol. The van der Waals surface area contributed by atoms with Crippen molar-refractivity contribution >= 4 is 23.3 Å². The maximum atomic E-state index is 12.3. The van der Waals surface area contributed by atoms with E-state index in [4.69, 9.17) is 0 Å². The maximum absolute atomic E-state index is 12.3. The summed E-state index contributed by atoms with van der Waals surface area (Å²) >= 11 is 1.21. The van der Waals surface area contributed by atoms with Crippen LogP contribution in [-0.4, -0.2) is 32.0 Å². The fourth-order valence-corrected chi connectivity index (χ4v) is 5.26. The summed E-state index contributed by atoms with van der Waals surface area (Å²) in [5.74, 6) is 0.879. The Hall–Kier alpha value is -1.17. The zero-order chi connectivity index (χ0) is 22.5. The van der Waals surface area contributed by atoms with Gasteiger partial charge >= 0.3 is 0 Å². The van der Waals surface area contributed by atoms with E-state index in [0.29, 0.717) is 18.0 Å². The van der Waals surface area contributed by atoms with E-state index in [1.54, 1.807) is 0 Å². The number of aromatic amines is 1. The van der Waals surface area contributed by atoms with Gasteiger partial charge in [-0.15, -0.1) is 5.10 Å². The van der Waals surface area contributed by atoms with Crippen molar-refractivity contribution < 1.29 is 9.59 Å². The number of unbranched alkanes of at least 4 members (excludes halogenated alkanes) is 12. The Morgan fingerprint density at radius 3 is 1.84 bits per heavy atom. The molecule has 0 spiro atoms. The minimum atomic E-state index is -0.631. The molecule has 1 aromatic heterocycles. The third-order valence-electron chi connectivity index (χ3n) is 6.14. The first-order chi connectivity index (χ1) is 14.9. The predicted octanol–water partition coefficient (Wildman–Crippen LogP) is 6.86. The van der Waals surface area contributed by atoms with E-state index in [-0.39, 0.29) is 17.0 Å². The van der Waals surface area contributed by atoms with E-state index in [1.165, 1.54) is 88.8 Å². The second kappa shape index (κ2) is 14.1. The summed E-state index contributed by atoms with van der Waals surface area (Å²) in [5.41, 5.74) is -0.219. The first kappa shape index (κ1) is 26.1. The number of hydrogen-bond donors (Lipinski definition) is 1. The number of hydrogen-bond acceptors (Lipinski definition) is 5. The van der Waals surface area contributed by atoms with Gasteiger partial charge in [-0.2, -0.15) is 0 Å². The molecule has 1 aliphatic rings. The number of carbonyl (C=O) groups excluding carboxylic acids is 2. The summed E-state index contributed by atoms with van der Waals surface area (Å²) < 4.78 is 0. The number of rotatable bonds is 16. The van der Waals surface area contributed by atoms with Crippen LogP contribution >= 0.6 is 11.8 Å². The van der Waals surface area contributed by atoms with Gasteiger partial charge in [0.2, 0.25) is 5.16 Å². The molecular weight excluding hydrogens is 406 g/mol. The van der Waals surface area contributed by atoms with Gasteiger partial charge in [-0.1, -0.05) is 110 Å². The number of thioether (sulfide) groups is 1. The minimum Gasteiger partial charge on any atom is -0.298 e.